The number of aliphatic imine (C=N–C) groups is 1. The molecule has 0 aromatic heterocycles. The molecule has 4 atom stereocenters. The van der Waals surface area contributed by atoms with E-state index in [4.69, 9.17) is 17.2 Å². The number of thioether (sulfide) groups is 1. The molecule has 0 aliphatic carbocycles. The number of rotatable bonds is 22. The molecule has 2 aromatic rings. The van der Waals surface area contributed by atoms with Crippen LogP contribution in [0.1, 0.15) is 30.4 Å². The summed E-state index contributed by atoms with van der Waals surface area (Å²) in [6, 6.07) is 10.4. The zero-order valence-corrected chi connectivity index (χ0v) is 29.1. The van der Waals surface area contributed by atoms with E-state index >= 15 is 0 Å². The van der Waals surface area contributed by atoms with Gasteiger partial charge in [-0.25, -0.2) is 4.79 Å². The van der Waals surface area contributed by atoms with Crippen molar-refractivity contribution in [2.45, 2.75) is 56.3 Å². The number of hydrogen-bond acceptors (Lipinski definition) is 10. The van der Waals surface area contributed by atoms with Crippen molar-refractivity contribution in [3.8, 4) is 5.75 Å². The van der Waals surface area contributed by atoms with Gasteiger partial charge in [-0.2, -0.15) is 11.8 Å². The van der Waals surface area contributed by atoms with E-state index in [0.717, 1.165) is 0 Å². The fraction of sp³-hybridized carbons (Fsp3) is 0.424. The van der Waals surface area contributed by atoms with Crippen LogP contribution in [0.2, 0.25) is 0 Å². The number of amides is 5. The Balaban J connectivity index is 2.01. The lowest BCUT2D eigenvalue weighted by Gasteiger charge is -2.24. The van der Waals surface area contributed by atoms with E-state index in [9.17, 15) is 39.0 Å². The quantitative estimate of drug-likeness (QED) is 0.0361. The number of aliphatic carboxylic acids is 1. The first-order valence-corrected chi connectivity index (χ1v) is 17.5. The molecule has 0 fully saturated rings. The molecule has 17 nitrogen and oxygen atoms in total. The van der Waals surface area contributed by atoms with Crippen LogP contribution in [0.5, 0.6) is 5.75 Å². The Morgan fingerprint density at radius 1 is 0.745 bits per heavy atom. The number of nitrogens with two attached hydrogens (primary N) is 3. The number of nitrogens with zero attached hydrogens (tertiary/aromatic N) is 1. The number of carboxylic acid groups (broad SMARTS) is 1. The summed E-state index contributed by atoms with van der Waals surface area (Å²) in [7, 11) is 0. The van der Waals surface area contributed by atoms with E-state index in [0.29, 0.717) is 16.9 Å². The zero-order chi connectivity index (χ0) is 37.8. The highest BCUT2D eigenvalue weighted by Crippen LogP contribution is 2.11. The Morgan fingerprint density at radius 3 is 1.98 bits per heavy atom. The van der Waals surface area contributed by atoms with Crippen molar-refractivity contribution in [3.63, 3.8) is 0 Å². The van der Waals surface area contributed by atoms with Crippen molar-refractivity contribution in [1.29, 1.82) is 0 Å². The van der Waals surface area contributed by atoms with Gasteiger partial charge in [0.25, 0.3) is 0 Å². The topological polar surface area (TPSA) is 293 Å². The maximum atomic E-state index is 13.6. The van der Waals surface area contributed by atoms with Gasteiger partial charge in [0.2, 0.25) is 29.5 Å². The summed E-state index contributed by atoms with van der Waals surface area (Å²) in [6.45, 7) is -0.814. The Labute approximate surface area is 299 Å². The number of hydrogen-bond donors (Lipinski definition) is 10. The first kappa shape index (κ1) is 41.8. The minimum atomic E-state index is -1.27. The molecule has 13 N–H and O–H groups in total. The predicted octanol–water partition coefficient (Wildman–Crippen LogP) is -1.92. The maximum Gasteiger partial charge on any atom is 0.326 e. The first-order chi connectivity index (χ1) is 24.3. The summed E-state index contributed by atoms with van der Waals surface area (Å²) >= 11 is 1.42. The molecule has 2 rings (SSSR count). The first-order valence-electron chi connectivity index (χ1n) is 16.1. The molecular formula is C33H47N9O8S. The monoisotopic (exact) mass is 729 g/mol. The zero-order valence-electron chi connectivity index (χ0n) is 28.3. The Hall–Kier alpha value is -5.36. The summed E-state index contributed by atoms with van der Waals surface area (Å²) < 4.78 is 0. The van der Waals surface area contributed by atoms with E-state index < -0.39 is 72.8 Å². The van der Waals surface area contributed by atoms with Gasteiger partial charge < -0.3 is 54.0 Å². The average molecular weight is 730 g/mol. The lowest BCUT2D eigenvalue weighted by Crippen LogP contribution is -2.57. The lowest BCUT2D eigenvalue weighted by molar-refractivity contribution is -0.142. The van der Waals surface area contributed by atoms with Crippen LogP contribution in [0.25, 0.3) is 0 Å². The van der Waals surface area contributed by atoms with Gasteiger partial charge in [-0.05, 0) is 61.0 Å². The highest BCUT2D eigenvalue weighted by Gasteiger charge is 2.29. The standard InChI is InChI=1S/C33H47N9O8S/c1-51-15-13-24(30(47)42-25(32(49)50)8-5-14-37-33(35)36)41-31(48)26(17-20-6-3-2-4-7-20)40-28(45)19-38-27(44)18-39-29(46)23(34)16-21-9-11-22(43)12-10-21/h2-4,6-7,9-12,23-26,43H,5,8,13-19,34H2,1H3,(H,38,44)(H,39,46)(H,40,45)(H,41,48)(H,42,47)(H,49,50)(H4,35,36,37)/t23-,24-,25-,26-/m0/s1. The van der Waals surface area contributed by atoms with Crippen LogP contribution >= 0.6 is 11.8 Å². The molecule has 0 saturated carbocycles. The minimum absolute atomic E-state index is 0.0374. The van der Waals surface area contributed by atoms with E-state index in [2.05, 4.69) is 31.6 Å². The van der Waals surface area contributed by atoms with Crippen molar-refractivity contribution in [1.82, 2.24) is 26.6 Å². The minimum Gasteiger partial charge on any atom is -0.508 e. The number of aromatic hydroxyl groups is 1. The second-order valence-corrected chi connectivity index (χ2v) is 12.5. The second kappa shape index (κ2) is 22.4. The fourth-order valence-electron chi connectivity index (χ4n) is 4.63. The third kappa shape index (κ3) is 16.7. The van der Waals surface area contributed by atoms with Crippen LogP contribution in [0.3, 0.4) is 0 Å². The third-order valence-electron chi connectivity index (χ3n) is 7.34. The van der Waals surface area contributed by atoms with Crippen LogP contribution in [-0.4, -0.2) is 107 Å². The van der Waals surface area contributed by atoms with Gasteiger partial charge in [-0.15, -0.1) is 0 Å². The van der Waals surface area contributed by atoms with E-state index in [1.54, 1.807) is 42.5 Å². The third-order valence-corrected chi connectivity index (χ3v) is 7.98. The maximum absolute atomic E-state index is 13.6. The molecule has 0 aliphatic rings. The molecule has 5 amide bonds. The van der Waals surface area contributed by atoms with Crippen molar-refractivity contribution >= 4 is 53.2 Å². The predicted molar refractivity (Wildman–Crippen MR) is 192 cm³/mol. The summed E-state index contributed by atoms with van der Waals surface area (Å²) in [5.74, 6) is -4.28. The number of phenols is 1. The van der Waals surface area contributed by atoms with Crippen LogP contribution < -0.4 is 43.8 Å². The molecule has 0 unspecified atom stereocenters. The van der Waals surface area contributed by atoms with Gasteiger partial charge in [0.05, 0.1) is 19.1 Å². The summed E-state index contributed by atoms with van der Waals surface area (Å²) in [4.78, 5) is 80.1. The van der Waals surface area contributed by atoms with E-state index in [-0.39, 0.29) is 50.4 Å². The highest BCUT2D eigenvalue weighted by molar-refractivity contribution is 7.98. The molecule has 0 heterocycles. The summed E-state index contributed by atoms with van der Waals surface area (Å²) in [6.07, 6.45) is 2.51. The van der Waals surface area contributed by atoms with Gasteiger partial charge in [0.15, 0.2) is 5.96 Å². The molecule has 0 radical (unpaired) electrons. The van der Waals surface area contributed by atoms with Crippen molar-refractivity contribution in [2.75, 3.05) is 31.6 Å². The summed E-state index contributed by atoms with van der Waals surface area (Å²) in [5, 5.41) is 31.5. The second-order valence-electron chi connectivity index (χ2n) is 11.5. The molecule has 0 saturated heterocycles. The van der Waals surface area contributed by atoms with Crippen LogP contribution in [0.15, 0.2) is 59.6 Å². The van der Waals surface area contributed by atoms with E-state index in [1.165, 1.54) is 23.9 Å². The lowest BCUT2D eigenvalue weighted by atomic mass is 10.0. The van der Waals surface area contributed by atoms with Crippen molar-refractivity contribution in [2.24, 2.45) is 22.2 Å². The number of benzene rings is 2. The fourth-order valence-corrected chi connectivity index (χ4v) is 5.10. The molecule has 278 valence electrons. The van der Waals surface area contributed by atoms with Gasteiger partial charge in [0, 0.05) is 13.0 Å². The van der Waals surface area contributed by atoms with Crippen LogP contribution in [0, 0.1) is 0 Å². The van der Waals surface area contributed by atoms with Crippen molar-refractivity contribution in [3.05, 3.63) is 65.7 Å². The molecule has 18 heteroatoms. The Kier molecular flexibility index (Phi) is 18.3. The van der Waals surface area contributed by atoms with Crippen LogP contribution in [0.4, 0.5) is 0 Å². The molecule has 0 spiro atoms. The van der Waals surface area contributed by atoms with E-state index in [1.807, 2.05) is 6.26 Å². The summed E-state index contributed by atoms with van der Waals surface area (Å²) in [5.41, 5.74) is 17.9. The van der Waals surface area contributed by atoms with Gasteiger partial charge >= 0.3 is 5.97 Å². The van der Waals surface area contributed by atoms with Gasteiger partial charge in [-0.1, -0.05) is 42.5 Å². The molecular weight excluding hydrogens is 682 g/mol. The van der Waals surface area contributed by atoms with Gasteiger partial charge in [-0.3, -0.25) is 29.0 Å². The molecule has 0 aliphatic heterocycles. The number of guanidine groups is 1. The van der Waals surface area contributed by atoms with Gasteiger partial charge in [0.1, 0.15) is 23.9 Å². The SMILES string of the molecule is CSCC[C@H](NC(=O)[C@H](Cc1ccccc1)NC(=O)CNC(=O)CNC(=O)[C@@H](N)Cc1ccc(O)cc1)C(=O)N[C@@H](CCCN=C(N)N)C(=O)O. The average Bonchev–Trinajstić information content (AvgIpc) is 3.10. The number of phenolic OH excluding ortho intramolecular Hbond substituents is 1. The normalized spacial score (nSPS) is 13.0. The van der Waals surface area contributed by atoms with Crippen molar-refractivity contribution < 1.29 is 39.0 Å². The molecule has 2 aromatic carbocycles. The molecule has 0 bridgehead atoms. The largest absolute Gasteiger partial charge is 0.508 e. The molecule has 51 heavy (non-hydrogen) atoms. The Morgan fingerprint density at radius 2 is 1.35 bits per heavy atom. The number of carbonyl (C=O) groups excluding carboxylic acids is 5. The van der Waals surface area contributed by atoms with Crippen LogP contribution in [-0.2, 0) is 41.6 Å². The number of nitrogens with one attached hydrogen (secondary N) is 5. The number of carboxylic acids is 1. The highest BCUT2D eigenvalue weighted by atomic mass is 32.2. The Bertz CT molecular complexity index is 1490. The number of carbonyl (C=O) groups is 6. The smallest absolute Gasteiger partial charge is 0.326 e.